The summed E-state index contributed by atoms with van der Waals surface area (Å²) < 4.78 is 74.4. The van der Waals surface area contributed by atoms with Crippen LogP contribution >= 0.6 is 0 Å². The van der Waals surface area contributed by atoms with E-state index in [9.17, 15) is 26.3 Å². The highest BCUT2D eigenvalue weighted by Gasteiger charge is 2.58. The van der Waals surface area contributed by atoms with Gasteiger partial charge in [0.05, 0.1) is 0 Å². The molecule has 0 atom stereocenters. The quantitative estimate of drug-likeness (QED) is 0.252. The molecule has 0 saturated heterocycles. The topological polar surface area (TPSA) is 18.5 Å². The first-order valence-corrected chi connectivity index (χ1v) is 10.7. The molecule has 4 rings (SSSR count). The number of halogens is 6. The number of aryl methyl sites for hydroxylation is 2. The summed E-state index contributed by atoms with van der Waals surface area (Å²) in [5.41, 5.74) is 4.71. The van der Waals surface area contributed by atoms with Crippen LogP contribution in [0.25, 0.3) is 11.1 Å². The zero-order valence-electron chi connectivity index (χ0n) is 19.3. The van der Waals surface area contributed by atoms with Gasteiger partial charge < -0.3 is 9.47 Å². The molecule has 4 aromatic carbocycles. The van der Waals surface area contributed by atoms with E-state index in [-0.39, 0.29) is 0 Å². The van der Waals surface area contributed by atoms with Crippen molar-refractivity contribution in [2.24, 2.45) is 0 Å². The molecule has 4 aromatic rings. The van der Waals surface area contributed by atoms with Crippen molar-refractivity contribution < 1.29 is 35.8 Å². The van der Waals surface area contributed by atoms with Gasteiger partial charge in [-0.3, -0.25) is 0 Å². The molecule has 0 saturated carbocycles. The molecule has 0 amide bonds. The largest absolute Gasteiger partial charge is 0.487 e. The van der Waals surface area contributed by atoms with Crippen LogP contribution in [0, 0.1) is 13.8 Å². The Morgan fingerprint density at radius 1 is 0.389 bits per heavy atom. The van der Waals surface area contributed by atoms with Gasteiger partial charge in [-0.05, 0) is 73.5 Å². The highest BCUT2D eigenvalue weighted by molar-refractivity contribution is 5.65. The fourth-order valence-electron chi connectivity index (χ4n) is 2.92. The molecule has 0 fully saturated rings. The molecule has 0 aliphatic rings. The molecule has 0 radical (unpaired) electrons. The van der Waals surface area contributed by atoms with Crippen LogP contribution in [-0.2, 0) is 0 Å². The Balaban J connectivity index is 0.000000392. The number of hydrogen-bond donors (Lipinski definition) is 0. The van der Waals surface area contributed by atoms with E-state index in [1.165, 1.54) is 11.1 Å². The molecule has 188 valence electrons. The summed E-state index contributed by atoms with van der Waals surface area (Å²) in [5, 5.41) is 0. The van der Waals surface area contributed by atoms with Gasteiger partial charge in [0, 0.05) is 0 Å². The normalized spacial score (nSPS) is 11.3. The number of benzene rings is 4. The van der Waals surface area contributed by atoms with Crippen LogP contribution < -0.4 is 9.47 Å². The van der Waals surface area contributed by atoms with Crippen molar-refractivity contribution in [1.82, 2.24) is 0 Å². The molecule has 0 unspecified atom stereocenters. The van der Waals surface area contributed by atoms with Gasteiger partial charge in [0.2, 0.25) is 0 Å². The van der Waals surface area contributed by atoms with Crippen molar-refractivity contribution in [3.8, 4) is 34.1 Å². The summed E-state index contributed by atoms with van der Waals surface area (Å²) in [5.74, 6) is 3.34. The summed E-state index contributed by atoms with van der Waals surface area (Å²) in [4.78, 5) is 0. The molecule has 0 bridgehead atoms. The molecule has 2 nitrogen and oxygen atoms in total. The summed E-state index contributed by atoms with van der Waals surface area (Å²) in [6.07, 6.45) is -12.1. The van der Waals surface area contributed by atoms with Crippen molar-refractivity contribution >= 4 is 0 Å². The van der Waals surface area contributed by atoms with Gasteiger partial charge in [-0.2, -0.15) is 26.3 Å². The maximum atomic E-state index is 10.4. The van der Waals surface area contributed by atoms with E-state index < -0.39 is 12.4 Å². The zero-order valence-corrected chi connectivity index (χ0v) is 19.3. The van der Waals surface area contributed by atoms with Gasteiger partial charge in [-0.15, -0.1) is 0 Å². The molecule has 0 N–H and O–H groups in total. The minimum atomic E-state index is -6.06. The lowest BCUT2D eigenvalue weighted by Crippen LogP contribution is -2.30. The first-order chi connectivity index (χ1) is 16.9. The number of hydrogen-bond acceptors (Lipinski definition) is 2. The Hall–Kier alpha value is -3.94. The van der Waals surface area contributed by atoms with Crippen LogP contribution in [0.5, 0.6) is 23.0 Å². The Morgan fingerprint density at radius 3 is 0.833 bits per heavy atom. The average Bonchev–Trinajstić information content (AvgIpc) is 2.82. The summed E-state index contributed by atoms with van der Waals surface area (Å²) in [7, 11) is 0. The zero-order chi connectivity index (χ0) is 26.3. The van der Waals surface area contributed by atoms with Gasteiger partial charge in [0.25, 0.3) is 0 Å². The van der Waals surface area contributed by atoms with Gasteiger partial charge in [-0.25, -0.2) is 0 Å². The second-order valence-electron chi connectivity index (χ2n) is 7.87. The lowest BCUT2D eigenvalue weighted by molar-refractivity contribution is -0.339. The van der Waals surface area contributed by atoms with Gasteiger partial charge >= 0.3 is 12.4 Å². The van der Waals surface area contributed by atoms with E-state index in [0.717, 1.165) is 34.1 Å². The standard InChI is InChI=1S/C26H22O2.C2F6/c1-19-3-11-23(12-4-19)27-25-15-7-21(8-16-25)22-9-17-26(18-10-22)28-24-13-5-20(2)6-14-24;3-1(4,5)2(6,7)8/h3-18H,1-2H3;. The van der Waals surface area contributed by atoms with E-state index >= 15 is 0 Å². The summed E-state index contributed by atoms with van der Waals surface area (Å²) in [6.45, 7) is 4.13. The van der Waals surface area contributed by atoms with E-state index in [0.29, 0.717) is 0 Å². The molecule has 0 aliphatic carbocycles. The lowest BCUT2D eigenvalue weighted by atomic mass is 10.1. The molecule has 8 heteroatoms. The van der Waals surface area contributed by atoms with E-state index in [1.54, 1.807) is 0 Å². The highest BCUT2D eigenvalue weighted by Crippen LogP contribution is 2.36. The fraction of sp³-hybridized carbons (Fsp3) is 0.143. The second kappa shape index (κ2) is 11.2. The Morgan fingerprint density at radius 2 is 0.611 bits per heavy atom. The first kappa shape index (κ1) is 26.7. The van der Waals surface area contributed by atoms with Gasteiger partial charge in [0.15, 0.2) is 0 Å². The SMILES string of the molecule is Cc1ccc(Oc2ccc(-c3ccc(Oc4ccc(C)cc4)cc3)cc2)cc1.FC(F)(F)C(F)(F)F. The molecule has 0 aromatic heterocycles. The van der Waals surface area contributed by atoms with E-state index in [4.69, 9.17) is 9.47 Å². The third kappa shape index (κ3) is 7.80. The predicted molar refractivity (Wildman–Crippen MR) is 126 cm³/mol. The average molecular weight is 504 g/mol. The van der Waals surface area contributed by atoms with Crippen molar-refractivity contribution in [2.45, 2.75) is 26.2 Å². The predicted octanol–water partition coefficient (Wildman–Crippen LogP) is 9.67. The van der Waals surface area contributed by atoms with Crippen LogP contribution in [0.3, 0.4) is 0 Å². The highest BCUT2D eigenvalue weighted by atomic mass is 19.5. The number of rotatable bonds is 5. The Kier molecular flexibility index (Phi) is 8.29. The van der Waals surface area contributed by atoms with Crippen LogP contribution in [0.2, 0.25) is 0 Å². The Labute approximate surface area is 204 Å². The fourth-order valence-corrected chi connectivity index (χ4v) is 2.92. The van der Waals surface area contributed by atoms with Crippen molar-refractivity contribution in [3.05, 3.63) is 108 Å². The maximum Gasteiger partial charge on any atom is 0.487 e. The molecule has 0 spiro atoms. The van der Waals surface area contributed by atoms with Crippen LogP contribution in [0.4, 0.5) is 26.3 Å². The smallest absolute Gasteiger partial charge is 0.457 e. The number of ether oxygens (including phenoxy) is 2. The molecule has 36 heavy (non-hydrogen) atoms. The van der Waals surface area contributed by atoms with E-state index in [2.05, 4.69) is 38.1 Å². The molecule has 0 aliphatic heterocycles. The number of alkyl halides is 6. The van der Waals surface area contributed by atoms with Gasteiger partial charge in [-0.1, -0.05) is 59.7 Å². The minimum Gasteiger partial charge on any atom is -0.457 e. The third-order valence-electron chi connectivity index (χ3n) is 4.88. The summed E-state index contributed by atoms with van der Waals surface area (Å²) in [6, 6.07) is 32.4. The Bertz CT molecular complexity index is 1130. The molecular weight excluding hydrogens is 482 g/mol. The van der Waals surface area contributed by atoms with Crippen molar-refractivity contribution in [3.63, 3.8) is 0 Å². The van der Waals surface area contributed by atoms with Gasteiger partial charge in [0.1, 0.15) is 23.0 Å². The van der Waals surface area contributed by atoms with Crippen LogP contribution in [-0.4, -0.2) is 12.4 Å². The van der Waals surface area contributed by atoms with Crippen LogP contribution in [0.15, 0.2) is 97.1 Å². The molecular formula is C28H22F6O2. The lowest BCUT2D eigenvalue weighted by Gasteiger charge is -2.09. The maximum absolute atomic E-state index is 10.4. The monoisotopic (exact) mass is 504 g/mol. The van der Waals surface area contributed by atoms with E-state index in [1.807, 2.05) is 72.8 Å². The van der Waals surface area contributed by atoms with Crippen molar-refractivity contribution in [1.29, 1.82) is 0 Å². The first-order valence-electron chi connectivity index (χ1n) is 10.7. The summed E-state index contributed by atoms with van der Waals surface area (Å²) >= 11 is 0. The van der Waals surface area contributed by atoms with Crippen molar-refractivity contribution in [2.75, 3.05) is 0 Å². The second-order valence-corrected chi connectivity index (χ2v) is 7.87. The third-order valence-corrected chi connectivity index (χ3v) is 4.88. The molecule has 0 heterocycles. The van der Waals surface area contributed by atoms with Crippen LogP contribution in [0.1, 0.15) is 11.1 Å². The minimum absolute atomic E-state index is 0.826.